The van der Waals surface area contributed by atoms with Crippen LogP contribution < -0.4 is 10.6 Å². The van der Waals surface area contributed by atoms with Crippen molar-refractivity contribution in [2.75, 3.05) is 6.54 Å². The van der Waals surface area contributed by atoms with Crippen LogP contribution in [-0.2, 0) is 17.4 Å². The van der Waals surface area contributed by atoms with Gasteiger partial charge in [0.2, 0.25) is 5.91 Å². The highest BCUT2D eigenvalue weighted by Gasteiger charge is 2.30. The van der Waals surface area contributed by atoms with Crippen molar-refractivity contribution in [1.29, 1.82) is 0 Å². The van der Waals surface area contributed by atoms with Crippen molar-refractivity contribution in [3.8, 4) is 0 Å². The van der Waals surface area contributed by atoms with E-state index in [1.807, 2.05) is 32.9 Å². The fourth-order valence-corrected chi connectivity index (χ4v) is 2.88. The Bertz CT molecular complexity index is 846. The summed E-state index contributed by atoms with van der Waals surface area (Å²) in [5.41, 5.74) is 1.30. The number of amides is 2. The van der Waals surface area contributed by atoms with Crippen molar-refractivity contribution in [2.24, 2.45) is 5.92 Å². The molecule has 2 N–H and O–H groups in total. The Labute approximate surface area is 168 Å². The standard InChI is InChI=1S/C22H25F3N2O2/c1-14(2)19(27-20(28)18-7-5-4-6-15(18)3)21(29)26-13-12-16-8-10-17(11-9-16)22(23,24)25/h4-11,14,19H,12-13H2,1-3H3,(H,26,29)(H,27,28). The topological polar surface area (TPSA) is 58.2 Å². The third-order valence-electron chi connectivity index (χ3n) is 4.62. The van der Waals surface area contributed by atoms with Gasteiger partial charge in [0.05, 0.1) is 5.56 Å². The third-order valence-corrected chi connectivity index (χ3v) is 4.62. The van der Waals surface area contributed by atoms with Crippen LogP contribution in [0, 0.1) is 12.8 Å². The van der Waals surface area contributed by atoms with E-state index in [1.54, 1.807) is 12.1 Å². The second-order valence-electron chi connectivity index (χ2n) is 7.25. The van der Waals surface area contributed by atoms with Crippen LogP contribution in [0.3, 0.4) is 0 Å². The van der Waals surface area contributed by atoms with Crippen LogP contribution in [0.2, 0.25) is 0 Å². The van der Waals surface area contributed by atoms with Gasteiger partial charge in [0.1, 0.15) is 6.04 Å². The Morgan fingerprint density at radius 1 is 1.00 bits per heavy atom. The summed E-state index contributed by atoms with van der Waals surface area (Å²) in [6.07, 6.45) is -3.98. The van der Waals surface area contributed by atoms with Crippen LogP contribution >= 0.6 is 0 Å². The molecule has 0 bridgehead atoms. The summed E-state index contributed by atoms with van der Waals surface area (Å²) in [5.74, 6) is -0.775. The number of rotatable bonds is 7. The largest absolute Gasteiger partial charge is 0.416 e. The van der Waals surface area contributed by atoms with E-state index in [4.69, 9.17) is 0 Å². The zero-order valence-corrected chi connectivity index (χ0v) is 16.6. The van der Waals surface area contributed by atoms with E-state index in [1.165, 1.54) is 12.1 Å². The number of aryl methyl sites for hydroxylation is 1. The molecule has 0 aromatic heterocycles. The van der Waals surface area contributed by atoms with Crippen molar-refractivity contribution in [2.45, 2.75) is 39.4 Å². The molecule has 4 nitrogen and oxygen atoms in total. The summed E-state index contributed by atoms with van der Waals surface area (Å²) in [5, 5.41) is 5.52. The van der Waals surface area contributed by atoms with E-state index >= 15 is 0 Å². The first-order chi connectivity index (χ1) is 13.6. The molecule has 0 aliphatic rings. The number of carbonyl (C=O) groups is 2. The molecule has 0 heterocycles. The molecule has 0 aliphatic heterocycles. The minimum Gasteiger partial charge on any atom is -0.354 e. The highest BCUT2D eigenvalue weighted by atomic mass is 19.4. The average molecular weight is 406 g/mol. The van der Waals surface area contributed by atoms with Gasteiger partial charge in [-0.15, -0.1) is 0 Å². The first-order valence-electron chi connectivity index (χ1n) is 9.40. The van der Waals surface area contributed by atoms with E-state index in [9.17, 15) is 22.8 Å². The second-order valence-corrected chi connectivity index (χ2v) is 7.25. The Balaban J connectivity index is 1.93. The number of nitrogens with one attached hydrogen (secondary N) is 2. The van der Waals surface area contributed by atoms with Crippen molar-refractivity contribution < 1.29 is 22.8 Å². The predicted octanol–water partition coefficient (Wildman–Crippen LogP) is 4.13. The molecule has 2 aromatic carbocycles. The van der Waals surface area contributed by atoms with Gasteiger partial charge in [0, 0.05) is 12.1 Å². The van der Waals surface area contributed by atoms with Crippen LogP contribution in [0.5, 0.6) is 0 Å². The molecule has 7 heteroatoms. The van der Waals surface area contributed by atoms with Crippen LogP contribution in [0.15, 0.2) is 48.5 Å². The maximum absolute atomic E-state index is 12.6. The highest BCUT2D eigenvalue weighted by molar-refractivity contribution is 5.98. The van der Waals surface area contributed by atoms with Gasteiger partial charge in [-0.1, -0.05) is 44.2 Å². The SMILES string of the molecule is Cc1ccccc1C(=O)NC(C(=O)NCCc1ccc(C(F)(F)F)cc1)C(C)C. The fourth-order valence-electron chi connectivity index (χ4n) is 2.88. The minimum atomic E-state index is -4.37. The van der Waals surface area contributed by atoms with Crippen molar-refractivity contribution in [1.82, 2.24) is 10.6 Å². The Morgan fingerprint density at radius 2 is 1.62 bits per heavy atom. The smallest absolute Gasteiger partial charge is 0.354 e. The number of hydrogen-bond donors (Lipinski definition) is 2. The van der Waals surface area contributed by atoms with E-state index in [2.05, 4.69) is 10.6 Å². The molecule has 0 saturated carbocycles. The van der Waals surface area contributed by atoms with Crippen LogP contribution in [0.25, 0.3) is 0 Å². The maximum atomic E-state index is 12.6. The molecular weight excluding hydrogens is 381 g/mol. The minimum absolute atomic E-state index is 0.131. The van der Waals surface area contributed by atoms with Crippen molar-refractivity contribution in [3.05, 3.63) is 70.8 Å². The number of carbonyl (C=O) groups excluding carboxylic acids is 2. The summed E-state index contributed by atoms with van der Waals surface area (Å²) in [7, 11) is 0. The van der Waals surface area contributed by atoms with E-state index in [0.29, 0.717) is 17.5 Å². The van der Waals surface area contributed by atoms with Gasteiger partial charge in [-0.2, -0.15) is 13.2 Å². The summed E-state index contributed by atoms with van der Waals surface area (Å²) >= 11 is 0. The molecule has 1 unspecified atom stereocenters. The molecule has 1 atom stereocenters. The van der Waals surface area contributed by atoms with E-state index < -0.39 is 17.8 Å². The van der Waals surface area contributed by atoms with E-state index in [0.717, 1.165) is 17.7 Å². The van der Waals surface area contributed by atoms with Gasteiger partial charge in [-0.3, -0.25) is 9.59 Å². The molecule has 156 valence electrons. The highest BCUT2D eigenvalue weighted by Crippen LogP contribution is 2.29. The first-order valence-corrected chi connectivity index (χ1v) is 9.40. The Hall–Kier alpha value is -2.83. The third kappa shape index (κ3) is 6.34. The Kier molecular flexibility index (Phi) is 7.42. The van der Waals surface area contributed by atoms with E-state index in [-0.39, 0.29) is 24.3 Å². The molecule has 0 radical (unpaired) electrons. The fraction of sp³-hybridized carbons (Fsp3) is 0.364. The zero-order chi connectivity index (χ0) is 21.6. The number of alkyl halides is 3. The summed E-state index contributed by atoms with van der Waals surface area (Å²) in [6, 6.07) is 11.2. The second kappa shape index (κ2) is 9.58. The quantitative estimate of drug-likeness (QED) is 0.727. The average Bonchev–Trinajstić information content (AvgIpc) is 2.65. The lowest BCUT2D eigenvalue weighted by Crippen LogP contribution is -2.50. The molecule has 2 amide bonds. The predicted molar refractivity (Wildman–Crippen MR) is 105 cm³/mol. The molecule has 29 heavy (non-hydrogen) atoms. The lowest BCUT2D eigenvalue weighted by atomic mass is 10.0. The van der Waals surface area contributed by atoms with Crippen molar-refractivity contribution in [3.63, 3.8) is 0 Å². The van der Waals surface area contributed by atoms with Gasteiger partial charge in [-0.05, 0) is 48.6 Å². The lowest BCUT2D eigenvalue weighted by Gasteiger charge is -2.22. The number of benzene rings is 2. The van der Waals surface area contributed by atoms with Crippen molar-refractivity contribution >= 4 is 11.8 Å². The zero-order valence-electron chi connectivity index (χ0n) is 16.6. The summed E-state index contributed by atoms with van der Waals surface area (Å²) in [4.78, 5) is 25.0. The molecule has 0 spiro atoms. The molecule has 0 aliphatic carbocycles. The Morgan fingerprint density at radius 3 is 2.17 bits per heavy atom. The van der Waals surface area contributed by atoms with Gasteiger partial charge < -0.3 is 10.6 Å². The van der Waals surface area contributed by atoms with Crippen LogP contribution in [-0.4, -0.2) is 24.4 Å². The van der Waals surface area contributed by atoms with Gasteiger partial charge in [0.25, 0.3) is 5.91 Å². The number of halogens is 3. The first kappa shape index (κ1) is 22.5. The molecule has 0 fully saturated rings. The normalized spacial score (nSPS) is 12.5. The molecule has 0 saturated heterocycles. The van der Waals surface area contributed by atoms with Crippen LogP contribution in [0.1, 0.15) is 40.9 Å². The summed E-state index contributed by atoms with van der Waals surface area (Å²) in [6.45, 7) is 5.74. The van der Waals surface area contributed by atoms with Gasteiger partial charge >= 0.3 is 6.18 Å². The lowest BCUT2D eigenvalue weighted by molar-refractivity contribution is -0.137. The van der Waals surface area contributed by atoms with Gasteiger partial charge in [0.15, 0.2) is 0 Å². The van der Waals surface area contributed by atoms with Crippen LogP contribution in [0.4, 0.5) is 13.2 Å². The monoisotopic (exact) mass is 406 g/mol. The molecule has 2 aromatic rings. The molecule has 2 rings (SSSR count). The maximum Gasteiger partial charge on any atom is 0.416 e. The summed E-state index contributed by atoms with van der Waals surface area (Å²) < 4.78 is 37.8. The van der Waals surface area contributed by atoms with Gasteiger partial charge in [-0.25, -0.2) is 0 Å². The number of hydrogen-bond acceptors (Lipinski definition) is 2. The molecular formula is C22H25F3N2O2.